The number of rotatable bonds is 7. The van der Waals surface area contributed by atoms with E-state index in [0.717, 1.165) is 23.4 Å². The first-order chi connectivity index (χ1) is 18.0. The Hall–Kier alpha value is -4.58. The van der Waals surface area contributed by atoms with Crippen molar-refractivity contribution in [2.45, 2.75) is 20.0 Å². The Labute approximate surface area is 220 Å². The van der Waals surface area contributed by atoms with Gasteiger partial charge in [0.1, 0.15) is 5.82 Å². The minimum Gasteiger partial charge on any atom is -0.324 e. The average Bonchev–Trinajstić information content (AvgIpc) is 3.28. The molecule has 4 aromatic rings. The second-order valence-electron chi connectivity index (χ2n) is 8.18. The first kappa shape index (κ1) is 26.5. The van der Waals surface area contributed by atoms with Gasteiger partial charge in [0, 0.05) is 34.9 Å². The number of aromatic nitrogens is 4. The van der Waals surface area contributed by atoms with Crippen LogP contribution in [0.15, 0.2) is 55.1 Å². The molecule has 38 heavy (non-hydrogen) atoms. The Morgan fingerprint density at radius 3 is 2.34 bits per heavy atom. The fourth-order valence-corrected chi connectivity index (χ4v) is 3.67. The van der Waals surface area contributed by atoms with Crippen molar-refractivity contribution in [3.05, 3.63) is 82.6 Å². The Balaban J connectivity index is 1.43. The van der Waals surface area contributed by atoms with Crippen molar-refractivity contribution in [1.82, 2.24) is 20.2 Å². The van der Waals surface area contributed by atoms with Crippen LogP contribution in [0.1, 0.15) is 22.5 Å². The molecule has 0 atom stereocenters. The number of carbonyl (C=O) groups is 1. The van der Waals surface area contributed by atoms with Gasteiger partial charge in [-0.05, 0) is 61.9 Å². The molecule has 2 heterocycles. The zero-order chi connectivity index (χ0) is 27.4. The number of nitrogens with zero attached hydrogens (tertiary/aromatic N) is 3. The molecule has 0 saturated heterocycles. The monoisotopic (exact) mass is 542 g/mol. The summed E-state index contributed by atoms with van der Waals surface area (Å²) in [6.45, 7) is 7.33. The molecule has 0 fully saturated rings. The van der Waals surface area contributed by atoms with Crippen LogP contribution in [0.25, 0.3) is 6.08 Å². The highest BCUT2D eigenvalue weighted by atomic mass is 35.5. The molecule has 9 nitrogen and oxygen atoms in total. The van der Waals surface area contributed by atoms with Crippen LogP contribution in [0.4, 0.5) is 52.6 Å². The molecule has 13 heteroatoms. The number of H-pyrrole nitrogens is 1. The number of alkyl halides is 3. The molecule has 5 N–H and O–H groups in total. The first-order valence-corrected chi connectivity index (χ1v) is 11.5. The second kappa shape index (κ2) is 10.8. The maximum Gasteiger partial charge on any atom is 0.417 e. The molecular formula is C25H22ClF3N8O. The predicted octanol–water partition coefficient (Wildman–Crippen LogP) is 7.26. The quantitative estimate of drug-likeness (QED) is 0.168. The normalized spacial score (nSPS) is 11.1. The summed E-state index contributed by atoms with van der Waals surface area (Å²) in [4.78, 5) is 21.2. The lowest BCUT2D eigenvalue weighted by atomic mass is 10.1. The van der Waals surface area contributed by atoms with Gasteiger partial charge in [-0.1, -0.05) is 18.2 Å². The van der Waals surface area contributed by atoms with Crippen molar-refractivity contribution in [2.75, 3.05) is 21.3 Å². The van der Waals surface area contributed by atoms with Crippen LogP contribution in [-0.4, -0.2) is 26.2 Å². The van der Waals surface area contributed by atoms with E-state index in [1.165, 1.54) is 6.07 Å². The van der Waals surface area contributed by atoms with Crippen LogP contribution in [-0.2, 0) is 6.18 Å². The number of hydrogen-bond donors (Lipinski definition) is 5. The Bertz CT molecular complexity index is 1500. The lowest BCUT2D eigenvalue weighted by molar-refractivity contribution is -0.137. The van der Waals surface area contributed by atoms with Crippen LogP contribution in [0, 0.1) is 13.8 Å². The topological polar surface area (TPSA) is 120 Å². The van der Waals surface area contributed by atoms with Crippen molar-refractivity contribution in [2.24, 2.45) is 0 Å². The number of amides is 2. The SMILES string of the molecule is C=Cc1cc(Nc2cc(C)nc(Nc3ccc(NC(=O)Nc4ccc(Cl)c(C(F)(F)F)c4)cc3C)n2)n[nH]1. The van der Waals surface area contributed by atoms with Crippen LogP contribution < -0.4 is 21.3 Å². The highest BCUT2D eigenvalue weighted by Crippen LogP contribution is 2.36. The van der Waals surface area contributed by atoms with Gasteiger partial charge in [0.05, 0.1) is 16.3 Å². The number of benzene rings is 2. The van der Waals surface area contributed by atoms with Gasteiger partial charge >= 0.3 is 12.2 Å². The van der Waals surface area contributed by atoms with E-state index in [4.69, 9.17) is 11.6 Å². The van der Waals surface area contributed by atoms with Crippen LogP contribution in [0.2, 0.25) is 5.02 Å². The van der Waals surface area contributed by atoms with E-state index in [2.05, 4.69) is 48.0 Å². The number of carbonyl (C=O) groups excluding carboxylic acids is 1. The minimum absolute atomic E-state index is 0.0502. The van der Waals surface area contributed by atoms with Crippen molar-refractivity contribution in [1.29, 1.82) is 0 Å². The summed E-state index contributed by atoms with van der Waals surface area (Å²) in [6.07, 6.45) is -3.00. The molecule has 0 bridgehead atoms. The number of urea groups is 1. The predicted molar refractivity (Wildman–Crippen MR) is 142 cm³/mol. The lowest BCUT2D eigenvalue weighted by Crippen LogP contribution is -2.20. The summed E-state index contributed by atoms with van der Waals surface area (Å²) in [5, 5.41) is 17.7. The van der Waals surface area contributed by atoms with Crippen LogP contribution in [0.3, 0.4) is 0 Å². The lowest BCUT2D eigenvalue weighted by Gasteiger charge is -2.14. The highest BCUT2D eigenvalue weighted by molar-refractivity contribution is 6.31. The van der Waals surface area contributed by atoms with Gasteiger partial charge in [0.2, 0.25) is 5.95 Å². The van der Waals surface area contributed by atoms with Crippen molar-refractivity contribution in [3.63, 3.8) is 0 Å². The number of hydrogen-bond acceptors (Lipinski definition) is 6. The third-order valence-corrected chi connectivity index (χ3v) is 5.52. The van der Waals surface area contributed by atoms with E-state index in [1.54, 1.807) is 36.4 Å². The molecule has 0 saturated carbocycles. The smallest absolute Gasteiger partial charge is 0.324 e. The Kier molecular flexibility index (Phi) is 7.53. The largest absolute Gasteiger partial charge is 0.417 e. The number of nitrogens with one attached hydrogen (secondary N) is 5. The van der Waals surface area contributed by atoms with Gasteiger partial charge in [0.15, 0.2) is 5.82 Å². The van der Waals surface area contributed by atoms with Gasteiger partial charge < -0.3 is 21.3 Å². The summed E-state index contributed by atoms with van der Waals surface area (Å²) >= 11 is 5.62. The maximum absolute atomic E-state index is 13.1. The molecule has 4 rings (SSSR count). The Morgan fingerprint density at radius 2 is 1.68 bits per heavy atom. The molecular weight excluding hydrogens is 521 g/mol. The zero-order valence-corrected chi connectivity index (χ0v) is 20.9. The molecule has 196 valence electrons. The zero-order valence-electron chi connectivity index (χ0n) is 20.2. The maximum atomic E-state index is 13.1. The fourth-order valence-electron chi connectivity index (χ4n) is 3.44. The molecule has 0 aliphatic rings. The number of aromatic amines is 1. The molecule has 0 aliphatic carbocycles. The Morgan fingerprint density at radius 1 is 0.974 bits per heavy atom. The fraction of sp³-hybridized carbons (Fsp3) is 0.120. The van der Waals surface area contributed by atoms with E-state index < -0.39 is 22.8 Å². The summed E-state index contributed by atoms with van der Waals surface area (Å²) in [6, 6.07) is 11.0. The third-order valence-electron chi connectivity index (χ3n) is 5.19. The second-order valence-corrected chi connectivity index (χ2v) is 8.59. The summed E-state index contributed by atoms with van der Waals surface area (Å²) in [7, 11) is 0. The van der Waals surface area contributed by atoms with Crippen LogP contribution in [0.5, 0.6) is 0 Å². The number of halogens is 4. The van der Waals surface area contributed by atoms with E-state index >= 15 is 0 Å². The summed E-state index contributed by atoms with van der Waals surface area (Å²) < 4.78 is 39.2. The van der Waals surface area contributed by atoms with E-state index in [-0.39, 0.29) is 5.69 Å². The average molecular weight is 543 g/mol. The first-order valence-electron chi connectivity index (χ1n) is 11.1. The number of anilines is 6. The minimum atomic E-state index is -4.64. The molecule has 0 spiro atoms. The molecule has 2 amide bonds. The van der Waals surface area contributed by atoms with Gasteiger partial charge in [-0.15, -0.1) is 0 Å². The van der Waals surface area contributed by atoms with E-state index in [9.17, 15) is 18.0 Å². The van der Waals surface area contributed by atoms with Gasteiger partial charge in [-0.2, -0.15) is 23.3 Å². The van der Waals surface area contributed by atoms with E-state index in [0.29, 0.717) is 34.7 Å². The molecule has 0 unspecified atom stereocenters. The van der Waals surface area contributed by atoms with Crippen LogP contribution >= 0.6 is 11.6 Å². The van der Waals surface area contributed by atoms with E-state index in [1.807, 2.05) is 13.8 Å². The molecule has 2 aromatic heterocycles. The highest BCUT2D eigenvalue weighted by Gasteiger charge is 2.33. The summed E-state index contributed by atoms with van der Waals surface area (Å²) in [5.41, 5.74) is 2.27. The van der Waals surface area contributed by atoms with Gasteiger partial charge in [0.25, 0.3) is 0 Å². The molecule has 0 radical (unpaired) electrons. The molecule has 2 aromatic carbocycles. The standard InChI is InChI=1S/C25H22ClF3N8O/c1-4-15-12-22(37-36-15)34-21-10-14(3)30-23(35-21)33-20-8-6-16(9-13(20)2)31-24(38)32-17-5-7-19(26)18(11-17)25(27,28)29/h4-12H,1H2,2-3H3,(H2,31,32,38)(H3,30,33,34,35,36,37). The van der Waals surface area contributed by atoms with Crippen molar-refractivity contribution < 1.29 is 18.0 Å². The third kappa shape index (κ3) is 6.59. The summed E-state index contributed by atoms with van der Waals surface area (Å²) in [5.74, 6) is 1.45. The van der Waals surface area contributed by atoms with Gasteiger partial charge in [-0.3, -0.25) is 5.10 Å². The van der Waals surface area contributed by atoms with Crippen molar-refractivity contribution >= 4 is 58.4 Å². The number of aryl methyl sites for hydroxylation is 2. The van der Waals surface area contributed by atoms with Crippen molar-refractivity contribution in [3.8, 4) is 0 Å². The van der Waals surface area contributed by atoms with Gasteiger partial charge in [-0.25, -0.2) is 9.78 Å². The molecule has 0 aliphatic heterocycles.